The lowest BCUT2D eigenvalue weighted by molar-refractivity contribution is -0.184. The molecular formula is C13H19NO2S. The van der Waals surface area contributed by atoms with E-state index in [4.69, 9.17) is 15.2 Å². The Balaban J connectivity index is 1.77. The van der Waals surface area contributed by atoms with Gasteiger partial charge in [-0.15, -0.1) is 0 Å². The van der Waals surface area contributed by atoms with Crippen molar-refractivity contribution in [1.82, 2.24) is 0 Å². The van der Waals surface area contributed by atoms with Crippen molar-refractivity contribution in [2.45, 2.75) is 36.9 Å². The molecule has 0 radical (unpaired) electrons. The van der Waals surface area contributed by atoms with Crippen molar-refractivity contribution in [1.29, 1.82) is 0 Å². The van der Waals surface area contributed by atoms with E-state index in [0.717, 1.165) is 45.4 Å². The molecule has 2 aliphatic rings. The Bertz CT molecular complexity index is 361. The smallest absolute Gasteiger partial charge is 0.168 e. The minimum absolute atomic E-state index is 0.153. The van der Waals surface area contributed by atoms with Gasteiger partial charge in [0.1, 0.15) is 0 Å². The van der Waals surface area contributed by atoms with E-state index in [1.54, 1.807) is 11.3 Å². The summed E-state index contributed by atoms with van der Waals surface area (Å²) in [5.41, 5.74) is 7.59. The summed E-state index contributed by atoms with van der Waals surface area (Å²) in [7, 11) is 0. The minimum atomic E-state index is -0.283. The quantitative estimate of drug-likeness (QED) is 0.879. The molecule has 0 bridgehead atoms. The molecule has 0 aromatic carbocycles. The molecule has 2 fully saturated rings. The summed E-state index contributed by atoms with van der Waals surface area (Å²) >= 11 is 1.75. The second-order valence-electron chi connectivity index (χ2n) is 5.10. The Kier molecular flexibility index (Phi) is 2.99. The Hall–Kier alpha value is -0.420. The molecule has 4 heteroatoms. The zero-order valence-corrected chi connectivity index (χ0v) is 10.8. The molecule has 1 aromatic rings. The van der Waals surface area contributed by atoms with Crippen molar-refractivity contribution in [2.24, 2.45) is 5.73 Å². The first-order valence-corrected chi connectivity index (χ1v) is 7.24. The van der Waals surface area contributed by atoms with E-state index in [1.165, 1.54) is 5.56 Å². The van der Waals surface area contributed by atoms with Crippen LogP contribution in [0, 0.1) is 0 Å². The largest absolute Gasteiger partial charge is 0.348 e. The highest BCUT2D eigenvalue weighted by atomic mass is 32.1. The predicted octanol–water partition coefficient (Wildman–Crippen LogP) is 2.26. The third-order valence-electron chi connectivity index (χ3n) is 4.31. The lowest BCUT2D eigenvalue weighted by atomic mass is 9.68. The maximum absolute atomic E-state index is 6.04. The number of thiophene rings is 1. The number of nitrogens with two attached hydrogens (primary N) is 1. The average Bonchev–Trinajstić information content (AvgIpc) is 3.03. The van der Waals surface area contributed by atoms with E-state index in [0.29, 0.717) is 0 Å². The van der Waals surface area contributed by atoms with Crippen molar-refractivity contribution < 1.29 is 9.47 Å². The summed E-state index contributed by atoms with van der Waals surface area (Å²) in [5, 5.41) is 4.38. The Morgan fingerprint density at radius 2 is 1.88 bits per heavy atom. The van der Waals surface area contributed by atoms with E-state index in [2.05, 4.69) is 16.8 Å². The van der Waals surface area contributed by atoms with Crippen LogP contribution in [0.2, 0.25) is 0 Å². The van der Waals surface area contributed by atoms with Crippen LogP contribution in [0.5, 0.6) is 0 Å². The van der Waals surface area contributed by atoms with Gasteiger partial charge in [-0.1, -0.05) is 0 Å². The normalized spacial score (nSPS) is 26.4. The van der Waals surface area contributed by atoms with Gasteiger partial charge in [0.05, 0.1) is 13.2 Å². The minimum Gasteiger partial charge on any atom is -0.348 e. The van der Waals surface area contributed by atoms with Crippen LogP contribution in [0.1, 0.15) is 31.2 Å². The summed E-state index contributed by atoms with van der Waals surface area (Å²) in [6.07, 6.45) is 4.08. The van der Waals surface area contributed by atoms with Crippen molar-refractivity contribution >= 4 is 11.3 Å². The van der Waals surface area contributed by atoms with Gasteiger partial charge >= 0.3 is 0 Å². The lowest BCUT2D eigenvalue weighted by Gasteiger charge is -2.43. The van der Waals surface area contributed by atoms with Crippen LogP contribution in [-0.2, 0) is 14.9 Å². The van der Waals surface area contributed by atoms with Crippen LogP contribution < -0.4 is 5.73 Å². The SMILES string of the molecule is NCC1(c2ccsc2)CCC2(CC1)OCCO2. The molecule has 1 aliphatic heterocycles. The van der Waals surface area contributed by atoms with E-state index in [9.17, 15) is 0 Å². The predicted molar refractivity (Wildman–Crippen MR) is 68.2 cm³/mol. The van der Waals surface area contributed by atoms with Gasteiger partial charge in [-0.25, -0.2) is 0 Å². The van der Waals surface area contributed by atoms with Gasteiger partial charge in [0.25, 0.3) is 0 Å². The summed E-state index contributed by atoms with van der Waals surface area (Å²) < 4.78 is 11.6. The number of ether oxygens (including phenoxy) is 2. The molecule has 2 N–H and O–H groups in total. The molecule has 0 unspecified atom stereocenters. The molecule has 3 rings (SSSR count). The molecule has 94 valence electrons. The Morgan fingerprint density at radius 3 is 2.41 bits per heavy atom. The summed E-state index contributed by atoms with van der Waals surface area (Å²) in [6, 6.07) is 2.21. The Morgan fingerprint density at radius 1 is 1.18 bits per heavy atom. The molecule has 1 aromatic heterocycles. The monoisotopic (exact) mass is 253 g/mol. The molecular weight excluding hydrogens is 234 g/mol. The second-order valence-corrected chi connectivity index (χ2v) is 5.88. The van der Waals surface area contributed by atoms with Gasteiger partial charge < -0.3 is 15.2 Å². The number of rotatable bonds is 2. The molecule has 2 heterocycles. The fourth-order valence-corrected chi connectivity index (χ4v) is 3.85. The van der Waals surface area contributed by atoms with Gasteiger partial charge in [-0.05, 0) is 35.2 Å². The number of hydrogen-bond donors (Lipinski definition) is 1. The van der Waals surface area contributed by atoms with Crippen LogP contribution in [0.25, 0.3) is 0 Å². The Labute approximate surface area is 106 Å². The highest BCUT2D eigenvalue weighted by molar-refractivity contribution is 7.08. The molecule has 3 nitrogen and oxygen atoms in total. The van der Waals surface area contributed by atoms with Gasteiger partial charge in [0.15, 0.2) is 5.79 Å². The molecule has 0 amide bonds. The fourth-order valence-electron chi connectivity index (χ4n) is 3.07. The molecule has 1 spiro atoms. The van der Waals surface area contributed by atoms with E-state index < -0.39 is 0 Å². The van der Waals surface area contributed by atoms with Crippen LogP contribution in [0.15, 0.2) is 16.8 Å². The highest BCUT2D eigenvalue weighted by Crippen LogP contribution is 2.46. The first kappa shape index (κ1) is 11.7. The molecule has 1 saturated heterocycles. The standard InChI is InChI=1S/C13H19NO2S/c14-10-12(11-1-8-17-9-11)2-4-13(5-3-12)15-6-7-16-13/h1,8-9H,2-7,10,14H2. The lowest BCUT2D eigenvalue weighted by Crippen LogP contribution is -2.45. The first-order valence-electron chi connectivity index (χ1n) is 6.29. The molecule has 1 aliphatic carbocycles. The van der Waals surface area contributed by atoms with Crippen molar-refractivity contribution in [3.63, 3.8) is 0 Å². The van der Waals surface area contributed by atoms with Gasteiger partial charge in [-0.2, -0.15) is 11.3 Å². The maximum atomic E-state index is 6.04. The van der Waals surface area contributed by atoms with Crippen LogP contribution in [0.4, 0.5) is 0 Å². The third-order valence-corrected chi connectivity index (χ3v) is 4.99. The van der Waals surface area contributed by atoms with E-state index >= 15 is 0 Å². The summed E-state index contributed by atoms with van der Waals surface area (Å²) in [6.45, 7) is 2.21. The van der Waals surface area contributed by atoms with Crippen LogP contribution >= 0.6 is 11.3 Å². The molecule has 1 saturated carbocycles. The van der Waals surface area contributed by atoms with Crippen LogP contribution in [-0.4, -0.2) is 25.5 Å². The number of hydrogen-bond acceptors (Lipinski definition) is 4. The zero-order valence-electron chi connectivity index (χ0n) is 9.98. The highest BCUT2D eigenvalue weighted by Gasteiger charge is 2.46. The topological polar surface area (TPSA) is 44.5 Å². The maximum Gasteiger partial charge on any atom is 0.168 e. The third kappa shape index (κ3) is 1.93. The zero-order chi connectivity index (χ0) is 11.8. The summed E-state index contributed by atoms with van der Waals surface area (Å²) in [4.78, 5) is 0. The van der Waals surface area contributed by atoms with Gasteiger partial charge in [0, 0.05) is 24.8 Å². The average molecular weight is 253 g/mol. The molecule has 0 atom stereocenters. The van der Waals surface area contributed by atoms with Crippen molar-refractivity contribution in [3.05, 3.63) is 22.4 Å². The second kappa shape index (κ2) is 4.35. The molecule has 17 heavy (non-hydrogen) atoms. The van der Waals surface area contributed by atoms with Gasteiger partial charge in [0.2, 0.25) is 0 Å². The summed E-state index contributed by atoms with van der Waals surface area (Å²) in [5.74, 6) is -0.283. The van der Waals surface area contributed by atoms with Crippen molar-refractivity contribution in [2.75, 3.05) is 19.8 Å². The van der Waals surface area contributed by atoms with E-state index in [-0.39, 0.29) is 11.2 Å². The van der Waals surface area contributed by atoms with Crippen molar-refractivity contribution in [3.8, 4) is 0 Å². The first-order chi connectivity index (χ1) is 8.29. The van der Waals surface area contributed by atoms with Gasteiger partial charge in [-0.3, -0.25) is 0 Å². The fraction of sp³-hybridized carbons (Fsp3) is 0.692. The van der Waals surface area contributed by atoms with E-state index in [1.807, 2.05) is 0 Å². The van der Waals surface area contributed by atoms with Crippen LogP contribution in [0.3, 0.4) is 0 Å².